The molecule has 2 aromatic rings. The number of hydrogen-bond acceptors (Lipinski definition) is 3. The first-order valence-corrected chi connectivity index (χ1v) is 6.58. The van der Waals surface area contributed by atoms with E-state index in [-0.39, 0.29) is 5.91 Å². The van der Waals surface area contributed by atoms with Crippen molar-refractivity contribution in [1.29, 1.82) is 0 Å². The van der Waals surface area contributed by atoms with Crippen LogP contribution in [0, 0.1) is 6.92 Å². The monoisotopic (exact) mass is 290 g/mol. The highest BCUT2D eigenvalue weighted by atomic mass is 35.5. The number of benzene rings is 1. The molecule has 20 heavy (non-hydrogen) atoms. The molecule has 0 radical (unpaired) electrons. The van der Waals surface area contributed by atoms with Crippen LogP contribution in [0.5, 0.6) is 5.75 Å². The lowest BCUT2D eigenvalue weighted by atomic mass is 10.2. The van der Waals surface area contributed by atoms with Crippen LogP contribution in [0.3, 0.4) is 0 Å². The Morgan fingerprint density at radius 1 is 1.30 bits per heavy atom. The van der Waals surface area contributed by atoms with Crippen LogP contribution in [0.15, 0.2) is 42.7 Å². The van der Waals surface area contributed by atoms with E-state index >= 15 is 0 Å². The first kappa shape index (κ1) is 14.3. The molecule has 4 nitrogen and oxygen atoms in total. The third-order valence-corrected chi connectivity index (χ3v) is 3.18. The Bertz CT molecular complexity index is 602. The fourth-order valence-corrected chi connectivity index (χ4v) is 1.74. The van der Waals surface area contributed by atoms with Crippen molar-refractivity contribution in [3.05, 3.63) is 53.3 Å². The van der Waals surface area contributed by atoms with Crippen molar-refractivity contribution < 1.29 is 9.53 Å². The zero-order valence-corrected chi connectivity index (χ0v) is 12.0. The van der Waals surface area contributed by atoms with Crippen LogP contribution in [0.25, 0.3) is 0 Å². The molecule has 1 aromatic carbocycles. The Labute approximate surface area is 122 Å². The van der Waals surface area contributed by atoms with Gasteiger partial charge in [-0.2, -0.15) is 0 Å². The normalized spacial score (nSPS) is 11.8. The highest BCUT2D eigenvalue weighted by Crippen LogP contribution is 2.22. The van der Waals surface area contributed by atoms with E-state index in [1.54, 1.807) is 49.6 Å². The number of carbonyl (C=O) groups is 1. The van der Waals surface area contributed by atoms with Gasteiger partial charge in [0.2, 0.25) is 0 Å². The first-order valence-electron chi connectivity index (χ1n) is 6.20. The summed E-state index contributed by atoms with van der Waals surface area (Å²) in [4.78, 5) is 15.9. The highest BCUT2D eigenvalue weighted by Gasteiger charge is 2.15. The van der Waals surface area contributed by atoms with Gasteiger partial charge in [-0.05, 0) is 49.7 Å². The molecule has 0 aliphatic rings. The minimum absolute atomic E-state index is 0.219. The SMILES string of the molecule is Cc1cc(O[C@H](C)C(=O)Nc2ccncc2)ccc1Cl. The second-order valence-corrected chi connectivity index (χ2v) is 4.80. The number of rotatable bonds is 4. The molecule has 104 valence electrons. The lowest BCUT2D eigenvalue weighted by Gasteiger charge is -2.15. The first-order chi connectivity index (χ1) is 9.56. The molecule has 0 bridgehead atoms. The molecule has 1 aromatic heterocycles. The molecule has 0 saturated heterocycles. The van der Waals surface area contributed by atoms with Gasteiger partial charge in [-0.3, -0.25) is 9.78 Å². The maximum Gasteiger partial charge on any atom is 0.265 e. The summed E-state index contributed by atoms with van der Waals surface area (Å²) in [6, 6.07) is 8.73. The fourth-order valence-electron chi connectivity index (χ4n) is 1.63. The predicted molar refractivity (Wildman–Crippen MR) is 79.1 cm³/mol. The predicted octanol–water partition coefficient (Wildman–Crippen LogP) is 3.45. The lowest BCUT2D eigenvalue weighted by molar-refractivity contribution is -0.122. The van der Waals surface area contributed by atoms with Crippen molar-refractivity contribution in [1.82, 2.24) is 4.98 Å². The Morgan fingerprint density at radius 2 is 2.00 bits per heavy atom. The van der Waals surface area contributed by atoms with E-state index in [1.807, 2.05) is 6.92 Å². The molecule has 1 heterocycles. The molecule has 0 aliphatic heterocycles. The lowest BCUT2D eigenvalue weighted by Crippen LogP contribution is -2.30. The molecule has 1 atom stereocenters. The fraction of sp³-hybridized carbons (Fsp3) is 0.200. The van der Waals surface area contributed by atoms with Crippen LogP contribution in [-0.4, -0.2) is 17.0 Å². The highest BCUT2D eigenvalue weighted by molar-refractivity contribution is 6.31. The van der Waals surface area contributed by atoms with E-state index in [9.17, 15) is 4.79 Å². The second kappa shape index (κ2) is 6.39. The number of carbonyl (C=O) groups excluding carboxylic acids is 1. The van der Waals surface area contributed by atoms with E-state index in [0.29, 0.717) is 16.5 Å². The molecule has 1 N–H and O–H groups in total. The van der Waals surface area contributed by atoms with Crippen molar-refractivity contribution in [2.24, 2.45) is 0 Å². The van der Waals surface area contributed by atoms with Crippen LogP contribution >= 0.6 is 11.6 Å². The van der Waals surface area contributed by atoms with E-state index in [0.717, 1.165) is 5.56 Å². The number of nitrogens with one attached hydrogen (secondary N) is 1. The number of ether oxygens (including phenoxy) is 1. The smallest absolute Gasteiger partial charge is 0.265 e. The number of halogens is 1. The number of nitrogens with zero attached hydrogens (tertiary/aromatic N) is 1. The number of pyridine rings is 1. The van der Waals surface area contributed by atoms with Gasteiger partial charge in [-0.1, -0.05) is 11.6 Å². The van der Waals surface area contributed by atoms with Crippen LogP contribution in [0.1, 0.15) is 12.5 Å². The van der Waals surface area contributed by atoms with Gasteiger partial charge in [0.25, 0.3) is 5.91 Å². The summed E-state index contributed by atoms with van der Waals surface area (Å²) in [5.41, 5.74) is 1.60. The number of aromatic nitrogens is 1. The number of hydrogen-bond donors (Lipinski definition) is 1. The van der Waals surface area contributed by atoms with E-state index in [4.69, 9.17) is 16.3 Å². The number of anilines is 1. The van der Waals surface area contributed by atoms with Gasteiger partial charge in [-0.15, -0.1) is 0 Å². The van der Waals surface area contributed by atoms with E-state index < -0.39 is 6.10 Å². The molecule has 0 unspecified atom stereocenters. The molecule has 0 fully saturated rings. The summed E-state index contributed by atoms with van der Waals surface area (Å²) in [5.74, 6) is 0.396. The van der Waals surface area contributed by atoms with Gasteiger partial charge in [-0.25, -0.2) is 0 Å². The third kappa shape index (κ3) is 3.71. The molecular formula is C15H15ClN2O2. The van der Waals surface area contributed by atoms with Gasteiger partial charge in [0, 0.05) is 23.1 Å². The molecule has 0 aliphatic carbocycles. The van der Waals surface area contributed by atoms with Crippen LogP contribution in [0.4, 0.5) is 5.69 Å². The molecule has 2 rings (SSSR count). The van der Waals surface area contributed by atoms with Gasteiger partial charge in [0.15, 0.2) is 6.10 Å². The third-order valence-electron chi connectivity index (χ3n) is 2.76. The average Bonchev–Trinajstić information content (AvgIpc) is 2.44. The van der Waals surface area contributed by atoms with Gasteiger partial charge in [0.05, 0.1) is 0 Å². The quantitative estimate of drug-likeness (QED) is 0.938. The zero-order valence-electron chi connectivity index (χ0n) is 11.3. The summed E-state index contributed by atoms with van der Waals surface area (Å²) in [6.45, 7) is 3.58. The topological polar surface area (TPSA) is 51.2 Å². The average molecular weight is 291 g/mol. The van der Waals surface area contributed by atoms with Gasteiger partial charge in [0.1, 0.15) is 5.75 Å². The Morgan fingerprint density at radius 3 is 2.65 bits per heavy atom. The van der Waals surface area contributed by atoms with Crippen LogP contribution in [0.2, 0.25) is 5.02 Å². The minimum Gasteiger partial charge on any atom is -0.481 e. The Hall–Kier alpha value is -2.07. The van der Waals surface area contributed by atoms with Crippen molar-refractivity contribution >= 4 is 23.2 Å². The molecular weight excluding hydrogens is 276 g/mol. The molecule has 0 spiro atoms. The summed E-state index contributed by atoms with van der Waals surface area (Å²) in [5, 5.41) is 3.43. The Kier molecular flexibility index (Phi) is 4.58. The van der Waals surface area contributed by atoms with Crippen molar-refractivity contribution in [2.45, 2.75) is 20.0 Å². The summed E-state index contributed by atoms with van der Waals surface area (Å²) < 4.78 is 5.60. The maximum absolute atomic E-state index is 12.0. The van der Waals surface area contributed by atoms with E-state index in [2.05, 4.69) is 10.3 Å². The van der Waals surface area contributed by atoms with Crippen LogP contribution < -0.4 is 10.1 Å². The number of amides is 1. The summed E-state index contributed by atoms with van der Waals surface area (Å²) >= 11 is 5.95. The van der Waals surface area contributed by atoms with Gasteiger partial charge < -0.3 is 10.1 Å². The standard InChI is InChI=1S/C15H15ClN2O2/c1-10-9-13(3-4-14(10)16)20-11(2)15(19)18-12-5-7-17-8-6-12/h3-9,11H,1-2H3,(H,17,18,19)/t11-/m1/s1. The molecule has 1 amide bonds. The Balaban J connectivity index is 1.98. The number of aryl methyl sites for hydroxylation is 1. The second-order valence-electron chi connectivity index (χ2n) is 4.40. The minimum atomic E-state index is -0.608. The summed E-state index contributed by atoms with van der Waals surface area (Å²) in [7, 11) is 0. The molecule has 5 heteroatoms. The van der Waals surface area contributed by atoms with E-state index in [1.165, 1.54) is 0 Å². The zero-order chi connectivity index (χ0) is 14.5. The van der Waals surface area contributed by atoms with Crippen LogP contribution in [-0.2, 0) is 4.79 Å². The van der Waals surface area contributed by atoms with Gasteiger partial charge >= 0.3 is 0 Å². The maximum atomic E-state index is 12.0. The van der Waals surface area contributed by atoms with Crippen molar-refractivity contribution in [3.8, 4) is 5.75 Å². The largest absolute Gasteiger partial charge is 0.481 e. The molecule has 0 saturated carbocycles. The van der Waals surface area contributed by atoms with Crippen molar-refractivity contribution in [2.75, 3.05) is 5.32 Å². The van der Waals surface area contributed by atoms with Crippen molar-refractivity contribution in [3.63, 3.8) is 0 Å². The summed E-state index contributed by atoms with van der Waals surface area (Å²) in [6.07, 6.45) is 2.62.